The maximum absolute atomic E-state index is 13.3. The summed E-state index contributed by atoms with van der Waals surface area (Å²) in [6.07, 6.45) is 0. The van der Waals surface area contributed by atoms with Crippen molar-refractivity contribution in [2.45, 2.75) is 20.4 Å². The molecule has 0 aliphatic rings. The van der Waals surface area contributed by atoms with E-state index in [0.29, 0.717) is 11.5 Å². The third-order valence-electron chi connectivity index (χ3n) is 3.27. The lowest BCUT2D eigenvalue weighted by Crippen LogP contribution is -2.23. The van der Waals surface area contributed by atoms with E-state index in [1.807, 2.05) is 37.9 Å². The first-order valence-corrected chi connectivity index (χ1v) is 7.03. The molecule has 2 aromatic rings. The van der Waals surface area contributed by atoms with Crippen LogP contribution in [0.5, 0.6) is 0 Å². The Hall–Kier alpha value is -2.01. The number of hydrogen-bond donors (Lipinski definition) is 1. The zero-order chi connectivity index (χ0) is 15.6. The molecule has 0 saturated heterocycles. The number of rotatable bonds is 4. The number of anilines is 1. The number of nitrogens with two attached hydrogens (primary N) is 1. The van der Waals surface area contributed by atoms with Crippen LogP contribution < -0.4 is 10.6 Å². The van der Waals surface area contributed by atoms with Gasteiger partial charge in [0.15, 0.2) is 0 Å². The first-order valence-electron chi connectivity index (χ1n) is 6.62. The second-order valence-electron chi connectivity index (χ2n) is 5.09. The molecule has 0 bridgehead atoms. The molecule has 0 saturated carbocycles. The molecule has 0 fully saturated rings. The Labute approximate surface area is 129 Å². The topological polar surface area (TPSA) is 42.1 Å². The van der Waals surface area contributed by atoms with Gasteiger partial charge < -0.3 is 10.6 Å². The van der Waals surface area contributed by atoms with Crippen LogP contribution >= 0.6 is 12.2 Å². The van der Waals surface area contributed by atoms with Gasteiger partial charge in [-0.2, -0.15) is 0 Å². The molecule has 1 aromatic carbocycles. The molecule has 5 heteroatoms. The molecule has 2 N–H and O–H groups in total. The molecular formula is C16H18FN3S. The smallest absolute Gasteiger partial charge is 0.123 e. The van der Waals surface area contributed by atoms with Crippen LogP contribution in [0.15, 0.2) is 30.3 Å². The SMILES string of the molecule is Cc1cc(N(C)Cc2cccc(F)c2)c(C(N)=S)c(C)n1. The van der Waals surface area contributed by atoms with Crippen molar-refractivity contribution in [3.8, 4) is 0 Å². The van der Waals surface area contributed by atoms with Gasteiger partial charge in [0.05, 0.1) is 11.3 Å². The summed E-state index contributed by atoms with van der Waals surface area (Å²) >= 11 is 5.14. The van der Waals surface area contributed by atoms with Crippen LogP contribution in [0.4, 0.5) is 10.1 Å². The van der Waals surface area contributed by atoms with Crippen molar-refractivity contribution in [3.63, 3.8) is 0 Å². The second kappa shape index (κ2) is 6.18. The summed E-state index contributed by atoms with van der Waals surface area (Å²) in [5, 5.41) is 0. The van der Waals surface area contributed by atoms with E-state index in [2.05, 4.69) is 4.98 Å². The van der Waals surface area contributed by atoms with Crippen molar-refractivity contribution in [1.29, 1.82) is 0 Å². The average Bonchev–Trinajstić information content (AvgIpc) is 2.37. The van der Waals surface area contributed by atoms with E-state index in [1.165, 1.54) is 12.1 Å². The zero-order valence-electron chi connectivity index (χ0n) is 12.4. The maximum Gasteiger partial charge on any atom is 0.123 e. The Morgan fingerprint density at radius 1 is 1.33 bits per heavy atom. The first kappa shape index (κ1) is 15.4. The quantitative estimate of drug-likeness (QED) is 0.881. The van der Waals surface area contributed by atoms with Crippen LogP contribution in [-0.2, 0) is 6.54 Å². The number of aryl methyl sites for hydroxylation is 2. The molecule has 0 spiro atoms. The standard InChI is InChI=1S/C16H18FN3S/c1-10-7-14(15(16(18)21)11(2)19-10)20(3)9-12-5-4-6-13(17)8-12/h4-8H,9H2,1-3H3,(H2,18,21). The van der Waals surface area contributed by atoms with Crippen LogP contribution in [0.25, 0.3) is 0 Å². The van der Waals surface area contributed by atoms with Gasteiger partial charge in [0.25, 0.3) is 0 Å². The van der Waals surface area contributed by atoms with Gasteiger partial charge in [0.2, 0.25) is 0 Å². The van der Waals surface area contributed by atoms with Crippen molar-refractivity contribution in [2.24, 2.45) is 5.73 Å². The van der Waals surface area contributed by atoms with E-state index in [-0.39, 0.29) is 5.82 Å². The van der Waals surface area contributed by atoms with Gasteiger partial charge in [0, 0.05) is 25.0 Å². The molecule has 3 nitrogen and oxygen atoms in total. The summed E-state index contributed by atoms with van der Waals surface area (Å²) in [5.74, 6) is -0.238. The highest BCUT2D eigenvalue weighted by molar-refractivity contribution is 7.80. The third-order valence-corrected chi connectivity index (χ3v) is 3.48. The van der Waals surface area contributed by atoms with E-state index in [9.17, 15) is 4.39 Å². The normalized spacial score (nSPS) is 10.5. The summed E-state index contributed by atoms with van der Waals surface area (Å²) in [4.78, 5) is 6.73. The maximum atomic E-state index is 13.3. The predicted octanol–water partition coefficient (Wildman–Crippen LogP) is 3.11. The van der Waals surface area contributed by atoms with Crippen molar-refractivity contribution in [2.75, 3.05) is 11.9 Å². The molecule has 0 aliphatic carbocycles. The van der Waals surface area contributed by atoms with Gasteiger partial charge in [-0.05, 0) is 37.6 Å². The minimum atomic E-state index is -0.238. The summed E-state index contributed by atoms with van der Waals surface area (Å²) in [6, 6.07) is 8.50. The van der Waals surface area contributed by atoms with Crippen molar-refractivity contribution in [1.82, 2.24) is 4.98 Å². The Kier molecular flexibility index (Phi) is 4.53. The van der Waals surface area contributed by atoms with Gasteiger partial charge in [-0.1, -0.05) is 24.4 Å². The van der Waals surface area contributed by atoms with E-state index in [4.69, 9.17) is 18.0 Å². The fourth-order valence-corrected chi connectivity index (χ4v) is 2.66. The van der Waals surface area contributed by atoms with E-state index in [1.54, 1.807) is 6.07 Å². The number of nitrogens with zero attached hydrogens (tertiary/aromatic N) is 2. The molecule has 2 rings (SSSR count). The number of halogens is 1. The molecule has 21 heavy (non-hydrogen) atoms. The number of aromatic nitrogens is 1. The lowest BCUT2D eigenvalue weighted by atomic mass is 10.1. The molecular weight excluding hydrogens is 285 g/mol. The van der Waals surface area contributed by atoms with Crippen molar-refractivity contribution >= 4 is 22.9 Å². The van der Waals surface area contributed by atoms with Gasteiger partial charge in [0.1, 0.15) is 10.8 Å². The highest BCUT2D eigenvalue weighted by atomic mass is 32.1. The molecule has 0 aliphatic heterocycles. The molecule has 1 heterocycles. The Morgan fingerprint density at radius 3 is 2.67 bits per heavy atom. The fraction of sp³-hybridized carbons (Fsp3) is 0.250. The highest BCUT2D eigenvalue weighted by Gasteiger charge is 2.15. The number of benzene rings is 1. The van der Waals surface area contributed by atoms with Gasteiger partial charge >= 0.3 is 0 Å². The Balaban J connectivity index is 2.39. The largest absolute Gasteiger partial charge is 0.389 e. The second-order valence-corrected chi connectivity index (χ2v) is 5.53. The van der Waals surface area contributed by atoms with E-state index in [0.717, 1.165) is 28.2 Å². The van der Waals surface area contributed by atoms with Crippen LogP contribution in [0.1, 0.15) is 22.5 Å². The predicted molar refractivity (Wildman–Crippen MR) is 88.1 cm³/mol. The van der Waals surface area contributed by atoms with Crippen molar-refractivity contribution < 1.29 is 4.39 Å². The third kappa shape index (κ3) is 3.55. The van der Waals surface area contributed by atoms with Crippen LogP contribution in [0, 0.1) is 19.7 Å². The highest BCUT2D eigenvalue weighted by Crippen LogP contribution is 2.24. The van der Waals surface area contributed by atoms with Crippen LogP contribution in [0.2, 0.25) is 0 Å². The summed E-state index contributed by atoms with van der Waals surface area (Å²) in [7, 11) is 1.93. The minimum absolute atomic E-state index is 0.238. The molecule has 0 amide bonds. The zero-order valence-corrected chi connectivity index (χ0v) is 13.2. The first-order chi connectivity index (χ1) is 9.88. The summed E-state index contributed by atoms with van der Waals surface area (Å²) in [6.45, 7) is 4.38. The van der Waals surface area contributed by atoms with Crippen molar-refractivity contribution in [3.05, 3.63) is 58.7 Å². The molecule has 0 atom stereocenters. The van der Waals surface area contributed by atoms with Crippen LogP contribution in [-0.4, -0.2) is 17.0 Å². The monoisotopic (exact) mass is 303 g/mol. The molecule has 1 aromatic heterocycles. The lowest BCUT2D eigenvalue weighted by Gasteiger charge is -2.23. The number of hydrogen-bond acceptors (Lipinski definition) is 3. The average molecular weight is 303 g/mol. The minimum Gasteiger partial charge on any atom is -0.389 e. The van der Waals surface area contributed by atoms with E-state index >= 15 is 0 Å². The summed E-state index contributed by atoms with van der Waals surface area (Å²) < 4.78 is 13.3. The van der Waals surface area contributed by atoms with E-state index < -0.39 is 0 Å². The molecule has 0 radical (unpaired) electrons. The number of thiocarbonyl (C=S) groups is 1. The molecule has 110 valence electrons. The fourth-order valence-electron chi connectivity index (χ4n) is 2.41. The van der Waals surface area contributed by atoms with Gasteiger partial charge in [-0.25, -0.2) is 4.39 Å². The number of pyridine rings is 1. The van der Waals surface area contributed by atoms with Gasteiger partial charge in [-0.15, -0.1) is 0 Å². The van der Waals surface area contributed by atoms with Gasteiger partial charge in [-0.3, -0.25) is 4.98 Å². The Bertz CT molecular complexity index is 685. The Morgan fingerprint density at radius 2 is 2.05 bits per heavy atom. The molecule has 0 unspecified atom stereocenters. The summed E-state index contributed by atoms with van der Waals surface area (Å²) in [5.41, 5.74) is 10.1. The van der Waals surface area contributed by atoms with Crippen LogP contribution in [0.3, 0.4) is 0 Å². The lowest BCUT2D eigenvalue weighted by molar-refractivity contribution is 0.625.